The van der Waals surface area contributed by atoms with Crippen LogP contribution in [0.15, 0.2) is 6.20 Å². The van der Waals surface area contributed by atoms with Crippen molar-refractivity contribution in [2.24, 2.45) is 5.92 Å². The Labute approximate surface area is 97.0 Å². The Morgan fingerprint density at radius 1 is 1.19 bits per heavy atom. The molecule has 1 aromatic heterocycles. The summed E-state index contributed by atoms with van der Waals surface area (Å²) in [5, 5.41) is 3.31. The predicted octanol–water partition coefficient (Wildman–Crippen LogP) is 2.22. The number of aromatic nitrogens is 2. The number of imidazole rings is 1. The van der Waals surface area contributed by atoms with E-state index in [0.29, 0.717) is 0 Å². The van der Waals surface area contributed by atoms with Gasteiger partial charge in [-0.05, 0) is 31.8 Å². The fraction of sp³-hybridized carbons (Fsp3) is 0.769. The standard InChI is InChI=1S/C13H21N3/c1-2-4-11(5-3-1)12-9-15-13(16-12)6-10-7-14-8-10/h9-11,14H,1-8H2,(H,15,16). The average Bonchev–Trinajstić information content (AvgIpc) is 2.73. The van der Waals surface area contributed by atoms with Crippen LogP contribution in [0.2, 0.25) is 0 Å². The highest BCUT2D eigenvalue weighted by atomic mass is 15.0. The molecule has 0 aromatic carbocycles. The Morgan fingerprint density at radius 2 is 2.00 bits per heavy atom. The van der Waals surface area contributed by atoms with E-state index >= 15 is 0 Å². The molecule has 1 aliphatic carbocycles. The summed E-state index contributed by atoms with van der Waals surface area (Å²) in [7, 11) is 0. The quantitative estimate of drug-likeness (QED) is 0.818. The van der Waals surface area contributed by atoms with E-state index in [1.54, 1.807) is 0 Å². The van der Waals surface area contributed by atoms with Crippen molar-refractivity contribution in [3.8, 4) is 0 Å². The van der Waals surface area contributed by atoms with Crippen LogP contribution in [0.5, 0.6) is 0 Å². The van der Waals surface area contributed by atoms with Gasteiger partial charge in [0.2, 0.25) is 0 Å². The van der Waals surface area contributed by atoms with Gasteiger partial charge in [0, 0.05) is 24.2 Å². The normalized spacial score (nSPS) is 23.2. The zero-order valence-corrected chi connectivity index (χ0v) is 9.84. The number of aromatic amines is 1. The molecule has 1 aliphatic heterocycles. The van der Waals surface area contributed by atoms with E-state index in [0.717, 1.165) is 18.3 Å². The van der Waals surface area contributed by atoms with Gasteiger partial charge in [0.05, 0.1) is 0 Å². The second-order valence-corrected chi connectivity index (χ2v) is 5.35. The van der Waals surface area contributed by atoms with E-state index in [4.69, 9.17) is 0 Å². The van der Waals surface area contributed by atoms with E-state index in [9.17, 15) is 0 Å². The fourth-order valence-corrected chi connectivity index (χ4v) is 2.87. The van der Waals surface area contributed by atoms with Crippen LogP contribution in [0.4, 0.5) is 0 Å². The molecular weight excluding hydrogens is 198 g/mol. The van der Waals surface area contributed by atoms with Gasteiger partial charge < -0.3 is 10.3 Å². The van der Waals surface area contributed by atoms with Crippen molar-refractivity contribution in [2.75, 3.05) is 13.1 Å². The van der Waals surface area contributed by atoms with E-state index in [1.165, 1.54) is 56.7 Å². The van der Waals surface area contributed by atoms with Crippen molar-refractivity contribution >= 4 is 0 Å². The van der Waals surface area contributed by atoms with Crippen molar-refractivity contribution in [2.45, 2.75) is 44.4 Å². The molecule has 2 fully saturated rings. The van der Waals surface area contributed by atoms with Gasteiger partial charge in [-0.25, -0.2) is 4.98 Å². The van der Waals surface area contributed by atoms with E-state index in [1.807, 2.05) is 0 Å². The van der Waals surface area contributed by atoms with Crippen LogP contribution in [-0.2, 0) is 6.42 Å². The average molecular weight is 219 g/mol. The van der Waals surface area contributed by atoms with Gasteiger partial charge in [0.1, 0.15) is 5.82 Å². The van der Waals surface area contributed by atoms with Gasteiger partial charge in [-0.15, -0.1) is 0 Å². The SMILES string of the molecule is c1nc(CC2CNC2)[nH]c1C1CCCCC1. The highest BCUT2D eigenvalue weighted by Gasteiger charge is 2.21. The van der Waals surface area contributed by atoms with Crippen molar-refractivity contribution in [3.63, 3.8) is 0 Å². The lowest BCUT2D eigenvalue weighted by Crippen LogP contribution is -2.43. The van der Waals surface area contributed by atoms with Gasteiger partial charge in [0.15, 0.2) is 0 Å². The molecule has 2 heterocycles. The third-order valence-corrected chi connectivity index (χ3v) is 4.04. The second-order valence-electron chi connectivity index (χ2n) is 5.35. The molecule has 3 nitrogen and oxygen atoms in total. The van der Waals surface area contributed by atoms with Crippen molar-refractivity contribution in [3.05, 3.63) is 17.7 Å². The molecule has 0 unspecified atom stereocenters. The Hall–Kier alpha value is -0.830. The maximum atomic E-state index is 4.53. The number of hydrogen-bond acceptors (Lipinski definition) is 2. The van der Waals surface area contributed by atoms with Crippen LogP contribution in [0.1, 0.15) is 49.5 Å². The lowest BCUT2D eigenvalue weighted by molar-refractivity contribution is 0.341. The summed E-state index contributed by atoms with van der Waals surface area (Å²) in [6, 6.07) is 0. The van der Waals surface area contributed by atoms with Crippen LogP contribution in [0, 0.1) is 5.92 Å². The minimum absolute atomic E-state index is 0.759. The topological polar surface area (TPSA) is 40.7 Å². The molecule has 16 heavy (non-hydrogen) atoms. The van der Waals surface area contributed by atoms with E-state index < -0.39 is 0 Å². The lowest BCUT2D eigenvalue weighted by Gasteiger charge is -2.26. The first-order valence-electron chi connectivity index (χ1n) is 6.66. The Morgan fingerprint density at radius 3 is 2.69 bits per heavy atom. The van der Waals surface area contributed by atoms with Gasteiger partial charge in [0.25, 0.3) is 0 Å². The number of H-pyrrole nitrogens is 1. The van der Waals surface area contributed by atoms with E-state index in [2.05, 4.69) is 21.5 Å². The molecule has 1 saturated heterocycles. The Balaban J connectivity index is 1.61. The van der Waals surface area contributed by atoms with E-state index in [-0.39, 0.29) is 0 Å². The zero-order valence-electron chi connectivity index (χ0n) is 9.84. The molecule has 2 N–H and O–H groups in total. The number of hydrogen-bond donors (Lipinski definition) is 2. The van der Waals surface area contributed by atoms with Crippen LogP contribution in [0.3, 0.4) is 0 Å². The number of nitrogens with zero attached hydrogens (tertiary/aromatic N) is 1. The summed E-state index contributed by atoms with van der Waals surface area (Å²) < 4.78 is 0. The summed E-state index contributed by atoms with van der Waals surface area (Å²) in [4.78, 5) is 8.07. The number of nitrogens with one attached hydrogen (secondary N) is 2. The summed E-state index contributed by atoms with van der Waals surface area (Å²) in [5.74, 6) is 2.77. The monoisotopic (exact) mass is 219 g/mol. The Bertz CT molecular complexity index is 335. The van der Waals surface area contributed by atoms with Crippen LogP contribution in [0.25, 0.3) is 0 Å². The minimum Gasteiger partial charge on any atom is -0.346 e. The molecule has 3 rings (SSSR count). The first kappa shape index (κ1) is 10.3. The van der Waals surface area contributed by atoms with Crippen LogP contribution in [-0.4, -0.2) is 23.1 Å². The molecule has 88 valence electrons. The summed E-state index contributed by atoms with van der Waals surface area (Å²) >= 11 is 0. The third-order valence-electron chi connectivity index (χ3n) is 4.04. The largest absolute Gasteiger partial charge is 0.346 e. The maximum Gasteiger partial charge on any atom is 0.106 e. The molecule has 0 atom stereocenters. The molecule has 1 aromatic rings. The zero-order chi connectivity index (χ0) is 10.8. The minimum atomic E-state index is 0.759. The summed E-state index contributed by atoms with van der Waals surface area (Å²) in [5.41, 5.74) is 1.39. The summed E-state index contributed by atoms with van der Waals surface area (Å²) in [6.07, 6.45) is 10.1. The predicted molar refractivity (Wildman–Crippen MR) is 64.5 cm³/mol. The molecule has 0 spiro atoms. The molecule has 3 heteroatoms. The first-order chi connectivity index (χ1) is 7.92. The van der Waals surface area contributed by atoms with Crippen LogP contribution < -0.4 is 5.32 Å². The van der Waals surface area contributed by atoms with Gasteiger partial charge in [-0.3, -0.25) is 0 Å². The highest BCUT2D eigenvalue weighted by molar-refractivity contribution is 5.09. The first-order valence-corrected chi connectivity index (χ1v) is 6.66. The number of rotatable bonds is 3. The van der Waals surface area contributed by atoms with Crippen molar-refractivity contribution in [1.29, 1.82) is 0 Å². The highest BCUT2D eigenvalue weighted by Crippen LogP contribution is 2.31. The molecular formula is C13H21N3. The molecule has 0 radical (unpaired) electrons. The third kappa shape index (κ3) is 2.14. The van der Waals surface area contributed by atoms with Gasteiger partial charge >= 0.3 is 0 Å². The maximum absolute atomic E-state index is 4.53. The molecule has 0 bridgehead atoms. The molecule has 1 saturated carbocycles. The van der Waals surface area contributed by atoms with Gasteiger partial charge in [-0.2, -0.15) is 0 Å². The smallest absolute Gasteiger partial charge is 0.106 e. The van der Waals surface area contributed by atoms with Crippen molar-refractivity contribution < 1.29 is 0 Å². The van der Waals surface area contributed by atoms with Gasteiger partial charge in [-0.1, -0.05) is 19.3 Å². The molecule has 2 aliphatic rings. The van der Waals surface area contributed by atoms with Crippen LogP contribution >= 0.6 is 0 Å². The Kier molecular flexibility index (Phi) is 2.96. The fourth-order valence-electron chi connectivity index (χ4n) is 2.87. The van der Waals surface area contributed by atoms with Crippen molar-refractivity contribution in [1.82, 2.24) is 15.3 Å². The molecule has 0 amide bonds. The lowest BCUT2D eigenvalue weighted by atomic mass is 9.87. The second kappa shape index (κ2) is 4.58. The summed E-state index contributed by atoms with van der Waals surface area (Å²) in [6.45, 7) is 2.33.